The summed E-state index contributed by atoms with van der Waals surface area (Å²) in [6.07, 6.45) is 3.82. The number of benzene rings is 2. The molecule has 0 aromatic heterocycles. The third-order valence-corrected chi connectivity index (χ3v) is 6.47. The molecule has 2 aromatic carbocycles. The van der Waals surface area contributed by atoms with Gasteiger partial charge in [0, 0.05) is 11.6 Å². The molecule has 1 atom stereocenters. The number of hydrogen-bond acceptors (Lipinski definition) is 5. The van der Waals surface area contributed by atoms with Crippen molar-refractivity contribution in [2.45, 2.75) is 51.6 Å². The monoisotopic (exact) mass is 447 g/mol. The van der Waals surface area contributed by atoms with Crippen molar-refractivity contribution in [1.82, 2.24) is 4.90 Å². The summed E-state index contributed by atoms with van der Waals surface area (Å²) < 4.78 is 6.01. The molecule has 1 fully saturated rings. The predicted molar refractivity (Wildman–Crippen MR) is 132 cm³/mol. The summed E-state index contributed by atoms with van der Waals surface area (Å²) in [7, 11) is 3.93. The molecule has 0 radical (unpaired) electrons. The molecule has 1 unspecified atom stereocenters. The largest absolute Gasteiger partial charge is 0.508 e. The van der Waals surface area contributed by atoms with Gasteiger partial charge in [-0.3, -0.25) is 9.69 Å². The molecule has 33 heavy (non-hydrogen) atoms. The van der Waals surface area contributed by atoms with Gasteiger partial charge in [-0.1, -0.05) is 24.7 Å². The number of carbonyl (C=O) groups excluding carboxylic acids is 1. The number of amides is 1. The first-order valence-corrected chi connectivity index (χ1v) is 11.6. The van der Waals surface area contributed by atoms with Crippen LogP contribution in [0.2, 0.25) is 0 Å². The average Bonchev–Trinajstić information content (AvgIpc) is 3.30. The number of hydrogen-bond donors (Lipinski definition) is 3. The van der Waals surface area contributed by atoms with Crippen molar-refractivity contribution in [3.8, 4) is 23.3 Å². The first-order valence-electron chi connectivity index (χ1n) is 11.6. The lowest BCUT2D eigenvalue weighted by Gasteiger charge is -2.27. The van der Waals surface area contributed by atoms with Gasteiger partial charge >= 0.3 is 0 Å². The van der Waals surface area contributed by atoms with Crippen LogP contribution in [0.15, 0.2) is 24.3 Å². The summed E-state index contributed by atoms with van der Waals surface area (Å²) in [4.78, 5) is 15.1. The Morgan fingerprint density at radius 1 is 1.18 bits per heavy atom. The maximum Gasteiger partial charge on any atom is 0.267 e. The molecule has 6 nitrogen and oxygen atoms in total. The van der Waals surface area contributed by atoms with E-state index in [0.717, 1.165) is 35.2 Å². The van der Waals surface area contributed by atoms with Crippen molar-refractivity contribution in [2.24, 2.45) is 0 Å². The molecular formula is C27H33N3O3. The van der Waals surface area contributed by atoms with E-state index < -0.39 is 6.10 Å². The molecule has 174 valence electrons. The summed E-state index contributed by atoms with van der Waals surface area (Å²) in [5.41, 5.74) is 5.35. The van der Waals surface area contributed by atoms with Crippen LogP contribution in [0.25, 0.3) is 0 Å². The van der Waals surface area contributed by atoms with E-state index >= 15 is 0 Å². The number of carbonyl (C=O) groups is 1. The first-order chi connectivity index (χ1) is 15.8. The Morgan fingerprint density at radius 2 is 1.91 bits per heavy atom. The van der Waals surface area contributed by atoms with Crippen LogP contribution < -0.4 is 15.4 Å². The number of nitrogens with one attached hydrogen (secondary N) is 2. The van der Waals surface area contributed by atoms with Gasteiger partial charge in [-0.2, -0.15) is 0 Å². The fraction of sp³-hybridized carbons (Fsp3) is 0.444. The van der Waals surface area contributed by atoms with Gasteiger partial charge in [-0.25, -0.2) is 0 Å². The zero-order chi connectivity index (χ0) is 23.5. The number of fused-ring (bicyclic) bond motifs is 1. The Balaban J connectivity index is 1.57. The Labute approximate surface area is 196 Å². The first kappa shape index (κ1) is 23.0. The summed E-state index contributed by atoms with van der Waals surface area (Å²) in [5.74, 6) is 7.32. The minimum absolute atomic E-state index is 0.217. The van der Waals surface area contributed by atoms with Crippen LogP contribution >= 0.6 is 0 Å². The minimum atomic E-state index is -0.682. The summed E-state index contributed by atoms with van der Waals surface area (Å²) >= 11 is 0. The van der Waals surface area contributed by atoms with Crippen LogP contribution in [0.1, 0.15) is 53.9 Å². The van der Waals surface area contributed by atoms with E-state index in [0.29, 0.717) is 30.4 Å². The molecule has 1 aliphatic carbocycles. The van der Waals surface area contributed by atoms with Crippen molar-refractivity contribution in [2.75, 3.05) is 37.8 Å². The highest BCUT2D eigenvalue weighted by atomic mass is 16.5. The van der Waals surface area contributed by atoms with Crippen LogP contribution in [-0.4, -0.2) is 49.2 Å². The highest BCUT2D eigenvalue weighted by Crippen LogP contribution is 2.40. The molecule has 1 aliphatic heterocycles. The van der Waals surface area contributed by atoms with Gasteiger partial charge in [0.25, 0.3) is 5.91 Å². The molecule has 2 aliphatic rings. The maximum absolute atomic E-state index is 13.1. The Morgan fingerprint density at radius 3 is 2.64 bits per heavy atom. The maximum atomic E-state index is 13.1. The molecule has 1 amide bonds. The number of nitrogens with zero attached hydrogens (tertiary/aromatic N) is 1. The van der Waals surface area contributed by atoms with Crippen LogP contribution in [0.4, 0.5) is 11.4 Å². The van der Waals surface area contributed by atoms with Gasteiger partial charge in [0.2, 0.25) is 0 Å². The van der Waals surface area contributed by atoms with Crippen LogP contribution in [-0.2, 0) is 4.79 Å². The normalized spacial score (nSPS) is 17.5. The lowest BCUT2D eigenvalue weighted by Crippen LogP contribution is -2.41. The smallest absolute Gasteiger partial charge is 0.267 e. The molecule has 1 saturated carbocycles. The average molecular weight is 448 g/mol. The molecule has 4 rings (SSSR count). The van der Waals surface area contributed by atoms with Gasteiger partial charge < -0.3 is 20.5 Å². The Hall–Kier alpha value is -3.17. The zero-order valence-electron chi connectivity index (χ0n) is 19.9. The SMILES string of the molecule is Cc1cc2c(cc1C)OC(C(=O)Nc1cc(O)c(C3CCCC3)cc1C#CCN(C)C)CN2. The van der Waals surface area contributed by atoms with Crippen molar-refractivity contribution >= 4 is 17.3 Å². The van der Waals surface area contributed by atoms with Crippen LogP contribution in [0.3, 0.4) is 0 Å². The molecule has 0 saturated heterocycles. The molecular weight excluding hydrogens is 414 g/mol. The summed E-state index contributed by atoms with van der Waals surface area (Å²) in [5, 5.41) is 17.0. The second-order valence-electron chi connectivity index (χ2n) is 9.39. The topological polar surface area (TPSA) is 73.8 Å². The Kier molecular flexibility index (Phi) is 6.80. The third kappa shape index (κ3) is 5.26. The van der Waals surface area contributed by atoms with Crippen LogP contribution in [0, 0.1) is 25.7 Å². The molecule has 0 bridgehead atoms. The van der Waals surface area contributed by atoms with Crippen molar-refractivity contribution < 1.29 is 14.6 Å². The van der Waals surface area contributed by atoms with Gasteiger partial charge in [0.15, 0.2) is 6.10 Å². The van der Waals surface area contributed by atoms with Crippen molar-refractivity contribution in [3.05, 3.63) is 46.5 Å². The standard InChI is InChI=1S/C27H33N3O3/c1-17-12-23-25(13-18(17)2)33-26(16-28-23)27(32)29-22-15-24(31)21(19-8-5-6-9-19)14-20(22)10-7-11-30(3)4/h12-15,19,26,28,31H,5-6,8-9,11,16H2,1-4H3,(H,29,32). The fourth-order valence-corrected chi connectivity index (χ4v) is 4.45. The third-order valence-electron chi connectivity index (χ3n) is 6.47. The van der Waals surface area contributed by atoms with Crippen LogP contribution in [0.5, 0.6) is 11.5 Å². The van der Waals surface area contributed by atoms with Gasteiger partial charge in [0.05, 0.1) is 24.5 Å². The zero-order valence-corrected chi connectivity index (χ0v) is 19.9. The van der Waals surface area contributed by atoms with E-state index in [1.165, 1.54) is 18.4 Å². The summed E-state index contributed by atoms with van der Waals surface area (Å²) in [6, 6.07) is 7.59. The molecule has 0 spiro atoms. The fourth-order valence-electron chi connectivity index (χ4n) is 4.45. The molecule has 3 N–H and O–H groups in total. The second kappa shape index (κ2) is 9.76. The second-order valence-corrected chi connectivity index (χ2v) is 9.39. The van der Waals surface area contributed by atoms with E-state index in [9.17, 15) is 9.90 Å². The number of phenols is 1. The van der Waals surface area contributed by atoms with E-state index in [2.05, 4.69) is 29.4 Å². The quantitative estimate of drug-likeness (QED) is 0.606. The number of ether oxygens (including phenoxy) is 1. The van der Waals surface area contributed by atoms with E-state index in [4.69, 9.17) is 4.74 Å². The lowest BCUT2D eigenvalue weighted by atomic mass is 9.94. The van der Waals surface area contributed by atoms with E-state index in [1.807, 2.05) is 44.1 Å². The number of aromatic hydroxyl groups is 1. The van der Waals surface area contributed by atoms with Gasteiger partial charge in [-0.15, -0.1) is 0 Å². The predicted octanol–water partition coefficient (Wildman–Crippen LogP) is 4.39. The van der Waals surface area contributed by atoms with Gasteiger partial charge in [-0.05, 0) is 81.6 Å². The number of anilines is 2. The van der Waals surface area contributed by atoms with E-state index in [1.54, 1.807) is 6.07 Å². The number of phenolic OH excluding ortho intramolecular Hbond substituents is 1. The lowest BCUT2D eigenvalue weighted by molar-refractivity contribution is -0.122. The molecule has 6 heteroatoms. The highest BCUT2D eigenvalue weighted by Gasteiger charge is 2.28. The Bertz CT molecular complexity index is 1110. The van der Waals surface area contributed by atoms with Crippen molar-refractivity contribution in [1.29, 1.82) is 0 Å². The number of aryl methyl sites for hydroxylation is 2. The summed E-state index contributed by atoms with van der Waals surface area (Å²) in [6.45, 7) is 5.06. The molecule has 2 aromatic rings. The van der Waals surface area contributed by atoms with E-state index in [-0.39, 0.29) is 11.7 Å². The van der Waals surface area contributed by atoms with Crippen molar-refractivity contribution in [3.63, 3.8) is 0 Å². The van der Waals surface area contributed by atoms with Gasteiger partial charge in [0.1, 0.15) is 11.5 Å². The molecule has 1 heterocycles. The number of rotatable bonds is 4. The minimum Gasteiger partial charge on any atom is -0.508 e. The highest BCUT2D eigenvalue weighted by molar-refractivity contribution is 5.96.